The lowest BCUT2D eigenvalue weighted by Gasteiger charge is -2.62. The zero-order valence-electron chi connectivity index (χ0n) is 20.8. The average Bonchev–Trinajstić information content (AvgIpc) is 3.36. The number of hydrogen-bond acceptors (Lipinski definition) is 5. The van der Waals surface area contributed by atoms with Gasteiger partial charge in [-0.3, -0.25) is 9.48 Å². The molecular formula is C27H39N3O3S. The molecule has 4 aliphatic rings. The van der Waals surface area contributed by atoms with Crippen molar-refractivity contribution < 1.29 is 14.5 Å². The molecule has 0 spiro atoms. The third-order valence-electron chi connectivity index (χ3n) is 10.6. The fourth-order valence-electron chi connectivity index (χ4n) is 9.20. The van der Waals surface area contributed by atoms with Gasteiger partial charge in [-0.1, -0.05) is 18.1 Å². The van der Waals surface area contributed by atoms with Crippen LogP contribution in [0.1, 0.15) is 77.2 Å². The van der Waals surface area contributed by atoms with Crippen molar-refractivity contribution in [1.29, 1.82) is 5.26 Å². The molecule has 1 unspecified atom stereocenters. The number of rotatable bonds is 5. The second kappa shape index (κ2) is 8.64. The zero-order chi connectivity index (χ0) is 24.3. The monoisotopic (exact) mass is 485 g/mol. The zero-order valence-corrected chi connectivity index (χ0v) is 21.6. The number of Topliss-reactive ketones (excluding diaryl/α,β-unsaturated/α-hetero) is 1. The first kappa shape index (κ1) is 24.3. The van der Waals surface area contributed by atoms with Crippen molar-refractivity contribution in [2.24, 2.45) is 40.4 Å². The minimum Gasteiger partial charge on any atom is -0.617 e. The van der Waals surface area contributed by atoms with Gasteiger partial charge < -0.3 is 9.66 Å². The molecular weight excluding hydrogens is 446 g/mol. The number of ketones is 1. The number of nitriles is 1. The van der Waals surface area contributed by atoms with Gasteiger partial charge in [0.15, 0.2) is 5.78 Å². The van der Waals surface area contributed by atoms with Crippen LogP contribution in [0.15, 0.2) is 12.4 Å². The number of aliphatic hydroxyl groups is 1. The van der Waals surface area contributed by atoms with Crippen LogP contribution < -0.4 is 0 Å². The van der Waals surface area contributed by atoms with Crippen molar-refractivity contribution in [2.75, 3.05) is 12.0 Å². The highest BCUT2D eigenvalue weighted by Crippen LogP contribution is 2.68. The van der Waals surface area contributed by atoms with Crippen LogP contribution in [0.5, 0.6) is 0 Å². The van der Waals surface area contributed by atoms with Gasteiger partial charge in [0.1, 0.15) is 11.8 Å². The molecule has 4 aliphatic carbocycles. The lowest BCUT2D eigenvalue weighted by atomic mass is 9.44. The standard InChI is InChI=1S/C27H39N3O3S/c1-25(32)10-11-27(17-34(3)33)19(12-25)4-5-20-21-6-7-23(26(21,2)9-8-22(20)27)24(31)16-30-15-18(13-28)14-29-30/h14-15,19-23,32H,4-12,16-17H2,1-3H3/t19-,20+,21+,22+,23-,25-,26+,27-,34?/m1/s1. The summed E-state index contributed by atoms with van der Waals surface area (Å²) in [4.78, 5) is 13.4. The van der Waals surface area contributed by atoms with Crippen molar-refractivity contribution in [3.05, 3.63) is 18.0 Å². The van der Waals surface area contributed by atoms with E-state index in [1.54, 1.807) is 10.9 Å². The summed E-state index contributed by atoms with van der Waals surface area (Å²) in [6, 6.07) is 2.09. The minimum atomic E-state index is -0.852. The molecule has 7 heteroatoms. The maximum atomic E-state index is 13.4. The SMILES string of the molecule is C[S+]([O-])C[C@]12CC[C@@](C)(O)C[C@H]1CC[C@H]1[C@@H]3CC[C@H](C(=O)Cn4cc(C#N)cn4)[C@@]3(C)CC[C@@H]12. The molecule has 1 N–H and O–H groups in total. The Bertz CT molecular complexity index is 984. The molecule has 4 fully saturated rings. The van der Waals surface area contributed by atoms with Crippen LogP contribution in [0.25, 0.3) is 0 Å². The molecule has 0 aromatic carbocycles. The number of aromatic nitrogens is 2. The summed E-state index contributed by atoms with van der Waals surface area (Å²) in [7, 11) is 0. The van der Waals surface area contributed by atoms with E-state index >= 15 is 0 Å². The Morgan fingerprint density at radius 2 is 2.03 bits per heavy atom. The predicted molar refractivity (Wildman–Crippen MR) is 131 cm³/mol. The molecule has 1 aromatic rings. The molecule has 4 saturated carbocycles. The second-order valence-corrected chi connectivity index (χ2v) is 13.9. The van der Waals surface area contributed by atoms with E-state index in [4.69, 9.17) is 5.26 Å². The van der Waals surface area contributed by atoms with Crippen LogP contribution in [-0.2, 0) is 22.5 Å². The first-order valence-electron chi connectivity index (χ1n) is 13.1. The highest BCUT2D eigenvalue weighted by molar-refractivity contribution is 7.90. The van der Waals surface area contributed by atoms with E-state index in [0.717, 1.165) is 57.1 Å². The largest absolute Gasteiger partial charge is 0.617 e. The lowest BCUT2D eigenvalue weighted by Crippen LogP contribution is -2.59. The minimum absolute atomic E-state index is 0.0169. The van der Waals surface area contributed by atoms with Crippen LogP contribution in [0.2, 0.25) is 0 Å². The molecule has 0 bridgehead atoms. The van der Waals surface area contributed by atoms with Crippen LogP contribution in [0.3, 0.4) is 0 Å². The third-order valence-corrected chi connectivity index (χ3v) is 11.5. The van der Waals surface area contributed by atoms with Crippen LogP contribution in [0.4, 0.5) is 0 Å². The molecule has 1 aromatic heterocycles. The van der Waals surface area contributed by atoms with Crippen LogP contribution in [0, 0.1) is 51.8 Å². The average molecular weight is 486 g/mol. The Labute approximate surface area is 206 Å². The van der Waals surface area contributed by atoms with Crippen LogP contribution in [-0.4, -0.2) is 42.8 Å². The highest BCUT2D eigenvalue weighted by atomic mass is 32.2. The first-order valence-corrected chi connectivity index (χ1v) is 14.8. The van der Waals surface area contributed by atoms with E-state index in [2.05, 4.69) is 18.1 Å². The Balaban J connectivity index is 1.37. The number of fused-ring (bicyclic) bond motifs is 5. The summed E-state index contributed by atoms with van der Waals surface area (Å²) < 4.78 is 14.2. The van der Waals surface area contributed by atoms with Gasteiger partial charge >= 0.3 is 0 Å². The predicted octanol–water partition coefficient (Wildman–Crippen LogP) is 4.09. The Morgan fingerprint density at radius 1 is 1.24 bits per heavy atom. The molecule has 1 heterocycles. The summed E-state index contributed by atoms with van der Waals surface area (Å²) in [6.45, 7) is 4.59. The summed E-state index contributed by atoms with van der Waals surface area (Å²) in [6.07, 6.45) is 14.2. The molecule has 5 rings (SSSR count). The number of carbonyl (C=O) groups excluding carboxylic acids is 1. The molecule has 0 saturated heterocycles. The number of hydrogen-bond donors (Lipinski definition) is 1. The van der Waals surface area contributed by atoms with Gasteiger partial charge in [-0.15, -0.1) is 0 Å². The third kappa shape index (κ3) is 3.94. The van der Waals surface area contributed by atoms with Gasteiger partial charge in [-0.2, -0.15) is 10.4 Å². The fraction of sp³-hybridized carbons (Fsp3) is 0.815. The van der Waals surface area contributed by atoms with Crippen molar-refractivity contribution >= 4 is 17.0 Å². The van der Waals surface area contributed by atoms with E-state index in [1.807, 2.05) is 13.2 Å². The Morgan fingerprint density at radius 3 is 2.74 bits per heavy atom. The molecule has 6 nitrogen and oxygen atoms in total. The van der Waals surface area contributed by atoms with E-state index in [-0.39, 0.29) is 29.1 Å². The van der Waals surface area contributed by atoms with E-state index in [9.17, 15) is 14.5 Å². The highest BCUT2D eigenvalue weighted by Gasteiger charge is 2.64. The smallest absolute Gasteiger partial charge is 0.157 e. The van der Waals surface area contributed by atoms with Gasteiger partial charge in [0, 0.05) is 17.5 Å². The van der Waals surface area contributed by atoms with Gasteiger partial charge in [-0.05, 0) is 93.8 Å². The lowest BCUT2D eigenvalue weighted by molar-refractivity contribution is -0.149. The summed E-state index contributed by atoms with van der Waals surface area (Å²) >= 11 is -0.852. The summed E-state index contributed by atoms with van der Waals surface area (Å²) in [5.41, 5.74) is -0.00651. The van der Waals surface area contributed by atoms with Gasteiger partial charge in [-0.25, -0.2) is 0 Å². The van der Waals surface area contributed by atoms with Crippen molar-refractivity contribution in [2.45, 2.75) is 83.8 Å². The maximum Gasteiger partial charge on any atom is 0.157 e. The van der Waals surface area contributed by atoms with Crippen molar-refractivity contribution in [3.8, 4) is 6.07 Å². The van der Waals surface area contributed by atoms with Gasteiger partial charge in [0.25, 0.3) is 0 Å². The van der Waals surface area contributed by atoms with Crippen molar-refractivity contribution in [3.63, 3.8) is 0 Å². The molecule has 186 valence electrons. The topological polar surface area (TPSA) is 102 Å². The molecule has 0 aliphatic heterocycles. The van der Waals surface area contributed by atoms with Gasteiger partial charge in [0.05, 0.1) is 30.2 Å². The molecule has 0 amide bonds. The molecule has 0 radical (unpaired) electrons. The quantitative estimate of drug-likeness (QED) is 0.633. The summed E-state index contributed by atoms with van der Waals surface area (Å²) in [5.74, 6) is 3.21. The number of nitrogens with zero attached hydrogens (tertiary/aromatic N) is 3. The Hall–Kier alpha value is -1.36. The summed E-state index contributed by atoms with van der Waals surface area (Å²) in [5, 5.41) is 24.1. The second-order valence-electron chi connectivity index (χ2n) is 12.5. The maximum absolute atomic E-state index is 13.4. The fourth-order valence-corrected chi connectivity index (χ4v) is 10.6. The number of carbonyl (C=O) groups is 1. The molecule has 9 atom stereocenters. The van der Waals surface area contributed by atoms with E-state index in [0.29, 0.717) is 29.2 Å². The van der Waals surface area contributed by atoms with Crippen LogP contribution >= 0.6 is 0 Å². The van der Waals surface area contributed by atoms with Crippen molar-refractivity contribution in [1.82, 2.24) is 9.78 Å². The molecule has 34 heavy (non-hydrogen) atoms. The Kier molecular flexibility index (Phi) is 6.18. The van der Waals surface area contributed by atoms with E-state index < -0.39 is 16.8 Å². The van der Waals surface area contributed by atoms with E-state index in [1.165, 1.54) is 12.6 Å². The normalized spacial score (nSPS) is 44.4. The first-order chi connectivity index (χ1) is 16.1. The van der Waals surface area contributed by atoms with Gasteiger partial charge in [0.2, 0.25) is 0 Å².